The summed E-state index contributed by atoms with van der Waals surface area (Å²) < 4.78 is 40.2. The number of halogens is 3. The molecule has 5 rings (SSSR count). The van der Waals surface area contributed by atoms with Crippen molar-refractivity contribution in [2.24, 2.45) is 0 Å². The molecule has 0 saturated carbocycles. The number of hydrogen-bond donors (Lipinski definition) is 1. The molecule has 0 aliphatic heterocycles. The molecule has 33 heavy (non-hydrogen) atoms. The topological polar surface area (TPSA) is 50.7 Å². The first kappa shape index (κ1) is 21.1. The molecule has 0 amide bonds. The van der Waals surface area contributed by atoms with Crippen molar-refractivity contribution in [3.05, 3.63) is 89.4 Å². The second kappa shape index (κ2) is 8.29. The zero-order valence-corrected chi connectivity index (χ0v) is 18.2. The lowest BCUT2D eigenvalue weighted by Crippen LogP contribution is -2.04. The second-order valence-corrected chi connectivity index (χ2v) is 8.48. The molecule has 5 aromatic rings. The van der Waals surface area contributed by atoms with E-state index in [-0.39, 0.29) is 0 Å². The minimum Gasteiger partial charge on any atom is -0.339 e. The van der Waals surface area contributed by atoms with Gasteiger partial charge in [0.25, 0.3) is 0 Å². The molecule has 0 aliphatic rings. The Hall–Kier alpha value is -3.78. The number of aromatic nitrogens is 3. The summed E-state index contributed by atoms with van der Waals surface area (Å²) in [5.41, 5.74) is 6.66. The fourth-order valence-corrected chi connectivity index (χ4v) is 4.23. The highest BCUT2D eigenvalue weighted by atomic mass is 32.1. The molecular weight excluding hydrogens is 445 g/mol. The van der Waals surface area contributed by atoms with E-state index in [2.05, 4.69) is 20.5 Å². The van der Waals surface area contributed by atoms with E-state index in [0.29, 0.717) is 22.6 Å². The van der Waals surface area contributed by atoms with Crippen LogP contribution in [0.3, 0.4) is 0 Å². The summed E-state index contributed by atoms with van der Waals surface area (Å²) >= 11 is 1.54. The normalized spacial score (nSPS) is 11.6. The van der Waals surface area contributed by atoms with Gasteiger partial charge in [-0.15, -0.1) is 21.5 Å². The fraction of sp³-hybridized carbons (Fsp3) is 0.0800. The zero-order chi connectivity index (χ0) is 23.0. The van der Waals surface area contributed by atoms with Crippen LogP contribution in [0.2, 0.25) is 0 Å². The van der Waals surface area contributed by atoms with Crippen LogP contribution >= 0.6 is 11.3 Å². The average Bonchev–Trinajstić information content (AvgIpc) is 3.27. The molecule has 4 nitrogen and oxygen atoms in total. The van der Waals surface area contributed by atoms with Gasteiger partial charge in [-0.2, -0.15) is 13.2 Å². The van der Waals surface area contributed by atoms with Gasteiger partial charge in [-0.1, -0.05) is 42.0 Å². The maximum atomic E-state index is 13.1. The van der Waals surface area contributed by atoms with Gasteiger partial charge >= 0.3 is 6.18 Å². The first-order valence-electron chi connectivity index (χ1n) is 10.1. The van der Waals surface area contributed by atoms with Gasteiger partial charge in [0, 0.05) is 16.8 Å². The molecule has 164 valence electrons. The smallest absolute Gasteiger partial charge is 0.339 e. The van der Waals surface area contributed by atoms with E-state index in [1.807, 2.05) is 55.5 Å². The Morgan fingerprint density at radius 2 is 1.55 bits per heavy atom. The lowest BCUT2D eigenvalue weighted by Gasteiger charge is -2.13. The van der Waals surface area contributed by atoms with Crippen LogP contribution in [0.4, 0.5) is 24.7 Å². The van der Waals surface area contributed by atoms with Crippen molar-refractivity contribution in [2.45, 2.75) is 13.1 Å². The minimum absolute atomic E-state index is 0.490. The first-order chi connectivity index (χ1) is 15.9. The Bertz CT molecular complexity index is 1430. The Balaban J connectivity index is 1.57. The van der Waals surface area contributed by atoms with Gasteiger partial charge < -0.3 is 5.32 Å². The van der Waals surface area contributed by atoms with Crippen molar-refractivity contribution < 1.29 is 13.2 Å². The molecule has 3 aromatic carbocycles. The molecule has 8 heteroatoms. The van der Waals surface area contributed by atoms with Crippen molar-refractivity contribution >= 4 is 33.1 Å². The minimum atomic E-state index is -4.39. The van der Waals surface area contributed by atoms with Crippen LogP contribution in [0.15, 0.2) is 78.3 Å². The third kappa shape index (κ3) is 4.42. The number of nitrogens with one attached hydrogen (secondary N) is 1. The van der Waals surface area contributed by atoms with E-state index in [1.165, 1.54) is 23.5 Å². The summed E-state index contributed by atoms with van der Waals surface area (Å²) in [6, 6.07) is 20.5. The third-order valence-electron chi connectivity index (χ3n) is 5.25. The summed E-state index contributed by atoms with van der Waals surface area (Å²) in [6.45, 7) is 1.99. The Morgan fingerprint density at radius 1 is 0.818 bits per heavy atom. The highest BCUT2D eigenvalue weighted by molar-refractivity contribution is 7.16. The molecule has 0 bridgehead atoms. The van der Waals surface area contributed by atoms with Gasteiger partial charge in [-0.05, 0) is 48.9 Å². The predicted molar refractivity (Wildman–Crippen MR) is 126 cm³/mol. The van der Waals surface area contributed by atoms with Gasteiger partial charge in [0.2, 0.25) is 0 Å². The standard InChI is InChI=1S/C25H17F3N4S/c1-15-2-4-17(5-3-15)24-20(16-6-8-18(9-7-16)25(26,27)28)13-23(31-32-24)30-19-10-11-21-22(12-19)33-14-29-21/h2-14H,1H3,(H,30,31). The highest BCUT2D eigenvalue weighted by Crippen LogP contribution is 2.35. The molecule has 0 spiro atoms. The zero-order valence-electron chi connectivity index (χ0n) is 17.4. The molecule has 2 heterocycles. The van der Waals surface area contributed by atoms with E-state index in [9.17, 15) is 13.2 Å². The summed E-state index contributed by atoms with van der Waals surface area (Å²) in [6.07, 6.45) is -4.39. The Kier molecular flexibility index (Phi) is 5.30. The quantitative estimate of drug-likeness (QED) is 0.301. The molecule has 1 N–H and O–H groups in total. The highest BCUT2D eigenvalue weighted by Gasteiger charge is 2.30. The van der Waals surface area contributed by atoms with E-state index in [0.717, 1.165) is 39.2 Å². The number of benzene rings is 3. The first-order valence-corrected chi connectivity index (χ1v) is 11.0. The maximum absolute atomic E-state index is 13.1. The largest absolute Gasteiger partial charge is 0.416 e. The van der Waals surface area contributed by atoms with Crippen molar-refractivity contribution in [3.8, 4) is 22.4 Å². The lowest BCUT2D eigenvalue weighted by molar-refractivity contribution is -0.137. The summed E-state index contributed by atoms with van der Waals surface area (Å²) in [5.74, 6) is 0.490. The summed E-state index contributed by atoms with van der Waals surface area (Å²) in [7, 11) is 0. The van der Waals surface area contributed by atoms with Crippen LogP contribution in [-0.4, -0.2) is 15.2 Å². The number of fused-ring (bicyclic) bond motifs is 1. The van der Waals surface area contributed by atoms with Crippen LogP contribution in [0.1, 0.15) is 11.1 Å². The van der Waals surface area contributed by atoms with Crippen LogP contribution in [0.5, 0.6) is 0 Å². The van der Waals surface area contributed by atoms with E-state index >= 15 is 0 Å². The Labute approximate surface area is 191 Å². The van der Waals surface area contributed by atoms with Crippen molar-refractivity contribution in [1.82, 2.24) is 15.2 Å². The summed E-state index contributed by atoms with van der Waals surface area (Å²) in [5, 5.41) is 12.0. The van der Waals surface area contributed by atoms with Gasteiger partial charge in [-0.3, -0.25) is 0 Å². The second-order valence-electron chi connectivity index (χ2n) is 7.59. The molecule has 0 fully saturated rings. The van der Waals surface area contributed by atoms with E-state index in [4.69, 9.17) is 0 Å². The van der Waals surface area contributed by atoms with E-state index in [1.54, 1.807) is 5.51 Å². The van der Waals surface area contributed by atoms with Crippen LogP contribution in [0.25, 0.3) is 32.6 Å². The number of alkyl halides is 3. The van der Waals surface area contributed by atoms with Crippen LogP contribution < -0.4 is 5.32 Å². The van der Waals surface area contributed by atoms with Gasteiger partial charge in [0.15, 0.2) is 5.82 Å². The van der Waals surface area contributed by atoms with Crippen molar-refractivity contribution in [3.63, 3.8) is 0 Å². The molecule has 0 saturated heterocycles. The number of thiazole rings is 1. The van der Waals surface area contributed by atoms with Crippen molar-refractivity contribution in [1.29, 1.82) is 0 Å². The number of nitrogens with zero attached hydrogens (tertiary/aromatic N) is 3. The molecule has 0 aliphatic carbocycles. The summed E-state index contributed by atoms with van der Waals surface area (Å²) in [4.78, 5) is 4.28. The van der Waals surface area contributed by atoms with Gasteiger partial charge in [0.05, 0.1) is 21.3 Å². The Morgan fingerprint density at radius 3 is 2.27 bits per heavy atom. The molecule has 0 radical (unpaired) electrons. The number of rotatable bonds is 4. The average molecular weight is 463 g/mol. The molecular formula is C25H17F3N4S. The van der Waals surface area contributed by atoms with Crippen LogP contribution in [-0.2, 0) is 6.18 Å². The van der Waals surface area contributed by atoms with Gasteiger partial charge in [0.1, 0.15) is 5.69 Å². The number of anilines is 2. The van der Waals surface area contributed by atoms with E-state index < -0.39 is 11.7 Å². The van der Waals surface area contributed by atoms with Gasteiger partial charge in [-0.25, -0.2) is 4.98 Å². The molecule has 2 aromatic heterocycles. The fourth-order valence-electron chi connectivity index (χ4n) is 3.52. The lowest BCUT2D eigenvalue weighted by atomic mass is 9.98. The third-order valence-corrected chi connectivity index (χ3v) is 6.04. The SMILES string of the molecule is Cc1ccc(-c2nnc(Nc3ccc4ncsc4c3)cc2-c2ccc(C(F)(F)F)cc2)cc1. The maximum Gasteiger partial charge on any atom is 0.416 e. The number of hydrogen-bond acceptors (Lipinski definition) is 5. The predicted octanol–water partition coefficient (Wildman–Crippen LogP) is 7.49. The monoisotopic (exact) mass is 462 g/mol. The molecule has 0 unspecified atom stereocenters. The van der Waals surface area contributed by atoms with Crippen LogP contribution in [0, 0.1) is 6.92 Å². The number of aryl methyl sites for hydroxylation is 1. The van der Waals surface area contributed by atoms with Crippen molar-refractivity contribution in [2.75, 3.05) is 5.32 Å². The molecule has 0 atom stereocenters.